The highest BCUT2D eigenvalue weighted by molar-refractivity contribution is 6.30. The molecule has 2 aromatic rings. The molecule has 3 nitrogen and oxygen atoms in total. The van der Waals surface area contributed by atoms with E-state index in [0.717, 1.165) is 11.3 Å². The topological polar surface area (TPSA) is 41.1 Å². The van der Waals surface area contributed by atoms with Gasteiger partial charge in [-0.1, -0.05) is 35.3 Å². The highest BCUT2D eigenvalue weighted by atomic mass is 35.5. The Kier molecular flexibility index (Phi) is 5.83. The van der Waals surface area contributed by atoms with Gasteiger partial charge in [0.05, 0.1) is 6.04 Å². The Hall–Kier alpha value is -1.55. The van der Waals surface area contributed by atoms with Crippen molar-refractivity contribution in [3.8, 4) is 0 Å². The van der Waals surface area contributed by atoms with E-state index in [0.29, 0.717) is 10.0 Å². The first-order valence-corrected chi connectivity index (χ1v) is 7.79. The van der Waals surface area contributed by atoms with Crippen molar-refractivity contribution in [1.29, 1.82) is 0 Å². The predicted octanol–water partition coefficient (Wildman–Crippen LogP) is 4.67. The number of carbonyl (C=O) groups excluding carboxylic acids is 1. The lowest BCUT2D eigenvalue weighted by atomic mass is 10.1. The summed E-state index contributed by atoms with van der Waals surface area (Å²) in [4.78, 5) is 12.2. The summed E-state index contributed by atoms with van der Waals surface area (Å²) in [6.07, 6.45) is 0. The fourth-order valence-corrected chi connectivity index (χ4v) is 2.43. The van der Waals surface area contributed by atoms with Crippen molar-refractivity contribution in [3.63, 3.8) is 0 Å². The minimum Gasteiger partial charge on any atom is -0.325 e. The van der Waals surface area contributed by atoms with Gasteiger partial charge in [-0.05, 0) is 55.8 Å². The third-order valence-corrected chi connectivity index (χ3v) is 3.84. The Bertz CT molecular complexity index is 643. The van der Waals surface area contributed by atoms with Crippen molar-refractivity contribution in [1.82, 2.24) is 5.32 Å². The average Bonchev–Trinajstić information content (AvgIpc) is 2.49. The summed E-state index contributed by atoms with van der Waals surface area (Å²) < 4.78 is 0. The van der Waals surface area contributed by atoms with Crippen LogP contribution < -0.4 is 10.6 Å². The molecule has 0 aliphatic carbocycles. The van der Waals surface area contributed by atoms with Gasteiger partial charge in [-0.25, -0.2) is 0 Å². The van der Waals surface area contributed by atoms with E-state index in [1.807, 2.05) is 38.1 Å². The summed E-state index contributed by atoms with van der Waals surface area (Å²) in [6.45, 7) is 3.82. The zero-order chi connectivity index (χ0) is 16.1. The molecule has 0 spiro atoms. The Morgan fingerprint density at radius 3 is 2.32 bits per heavy atom. The lowest BCUT2D eigenvalue weighted by Gasteiger charge is -2.20. The molecule has 0 aliphatic heterocycles. The van der Waals surface area contributed by atoms with Crippen LogP contribution in [0.2, 0.25) is 10.0 Å². The van der Waals surface area contributed by atoms with Gasteiger partial charge in [-0.3, -0.25) is 10.1 Å². The Labute approximate surface area is 140 Å². The Balaban J connectivity index is 1.94. The molecule has 0 saturated carbocycles. The van der Waals surface area contributed by atoms with Crippen LogP contribution in [0.1, 0.15) is 25.5 Å². The molecule has 2 rings (SSSR count). The first kappa shape index (κ1) is 16.8. The Morgan fingerprint density at radius 2 is 1.68 bits per heavy atom. The molecule has 2 N–H and O–H groups in total. The van der Waals surface area contributed by atoms with Crippen LogP contribution in [-0.2, 0) is 4.79 Å². The number of benzene rings is 2. The molecule has 0 bridgehead atoms. The number of amides is 1. The van der Waals surface area contributed by atoms with E-state index in [-0.39, 0.29) is 18.0 Å². The highest BCUT2D eigenvalue weighted by Gasteiger charge is 2.16. The summed E-state index contributed by atoms with van der Waals surface area (Å²) in [5.74, 6) is -0.101. The molecule has 0 heterocycles. The number of carbonyl (C=O) groups is 1. The van der Waals surface area contributed by atoms with E-state index in [2.05, 4.69) is 10.6 Å². The molecular weight excluding hydrogens is 319 g/mol. The average molecular weight is 337 g/mol. The van der Waals surface area contributed by atoms with Gasteiger partial charge in [0.25, 0.3) is 0 Å². The molecule has 22 heavy (non-hydrogen) atoms. The van der Waals surface area contributed by atoms with Crippen LogP contribution in [0.4, 0.5) is 5.69 Å². The van der Waals surface area contributed by atoms with Gasteiger partial charge in [0.15, 0.2) is 0 Å². The van der Waals surface area contributed by atoms with Crippen molar-refractivity contribution in [2.24, 2.45) is 0 Å². The molecular formula is C17H18Cl2N2O. The quantitative estimate of drug-likeness (QED) is 0.832. The maximum Gasteiger partial charge on any atom is 0.241 e. The van der Waals surface area contributed by atoms with Crippen LogP contribution in [0.5, 0.6) is 0 Å². The molecule has 0 radical (unpaired) electrons. The van der Waals surface area contributed by atoms with E-state index in [1.165, 1.54) is 0 Å². The maximum atomic E-state index is 12.2. The summed E-state index contributed by atoms with van der Waals surface area (Å²) in [6, 6.07) is 14.3. The zero-order valence-electron chi connectivity index (χ0n) is 12.4. The van der Waals surface area contributed by atoms with Crippen molar-refractivity contribution in [2.45, 2.75) is 25.9 Å². The Morgan fingerprint density at radius 1 is 1.00 bits per heavy atom. The molecule has 0 aliphatic rings. The summed E-state index contributed by atoms with van der Waals surface area (Å²) in [5, 5.41) is 7.43. The van der Waals surface area contributed by atoms with Gasteiger partial charge < -0.3 is 5.32 Å². The summed E-state index contributed by atoms with van der Waals surface area (Å²) in [7, 11) is 0. The van der Waals surface area contributed by atoms with Crippen LogP contribution >= 0.6 is 23.2 Å². The largest absolute Gasteiger partial charge is 0.325 e. The lowest BCUT2D eigenvalue weighted by Crippen LogP contribution is -2.39. The van der Waals surface area contributed by atoms with Gasteiger partial charge in [0.2, 0.25) is 5.91 Å². The zero-order valence-corrected chi connectivity index (χ0v) is 13.9. The number of halogens is 2. The number of anilines is 1. The molecule has 0 unspecified atom stereocenters. The van der Waals surface area contributed by atoms with E-state index >= 15 is 0 Å². The number of hydrogen-bond acceptors (Lipinski definition) is 2. The molecule has 5 heteroatoms. The van der Waals surface area contributed by atoms with Crippen molar-refractivity contribution >= 4 is 34.8 Å². The second-order valence-electron chi connectivity index (χ2n) is 5.16. The number of hydrogen-bond donors (Lipinski definition) is 2. The minimum atomic E-state index is -0.343. The normalized spacial score (nSPS) is 13.5. The fourth-order valence-electron chi connectivity index (χ4n) is 2.11. The molecule has 2 aromatic carbocycles. The van der Waals surface area contributed by atoms with Crippen molar-refractivity contribution < 1.29 is 4.79 Å². The van der Waals surface area contributed by atoms with E-state index in [9.17, 15) is 4.79 Å². The van der Waals surface area contributed by atoms with Crippen LogP contribution in [0.15, 0.2) is 48.5 Å². The van der Waals surface area contributed by atoms with Gasteiger partial charge >= 0.3 is 0 Å². The van der Waals surface area contributed by atoms with Gasteiger partial charge in [-0.15, -0.1) is 0 Å². The lowest BCUT2D eigenvalue weighted by molar-refractivity contribution is -0.117. The predicted molar refractivity (Wildman–Crippen MR) is 92.5 cm³/mol. The third-order valence-electron chi connectivity index (χ3n) is 3.35. The van der Waals surface area contributed by atoms with E-state index in [4.69, 9.17) is 23.2 Å². The number of nitrogens with one attached hydrogen (secondary N) is 2. The molecule has 116 valence electrons. The molecule has 0 saturated heterocycles. The second-order valence-corrected chi connectivity index (χ2v) is 6.03. The molecule has 2 atom stereocenters. The van der Waals surface area contributed by atoms with Crippen LogP contribution in [0, 0.1) is 0 Å². The van der Waals surface area contributed by atoms with Crippen LogP contribution in [0.25, 0.3) is 0 Å². The van der Waals surface area contributed by atoms with Gasteiger partial charge in [0, 0.05) is 21.8 Å². The summed E-state index contributed by atoms with van der Waals surface area (Å²) >= 11 is 11.8. The first-order chi connectivity index (χ1) is 10.5. The van der Waals surface area contributed by atoms with Crippen molar-refractivity contribution in [3.05, 3.63) is 64.1 Å². The fraction of sp³-hybridized carbons (Fsp3) is 0.235. The smallest absolute Gasteiger partial charge is 0.241 e. The molecule has 0 aromatic heterocycles. The summed E-state index contributed by atoms with van der Waals surface area (Å²) in [5.41, 5.74) is 1.76. The first-order valence-electron chi connectivity index (χ1n) is 7.03. The monoisotopic (exact) mass is 336 g/mol. The second kappa shape index (κ2) is 7.63. The number of rotatable bonds is 5. The van der Waals surface area contributed by atoms with Gasteiger partial charge in [0.1, 0.15) is 0 Å². The standard InChI is InChI=1S/C17H18Cl2N2O/c1-11(13-4-3-5-15(19)10-13)20-12(2)17(22)21-16-8-6-14(18)7-9-16/h3-12,20H,1-2H3,(H,21,22)/t11-,12+/m1/s1. The van der Waals surface area contributed by atoms with Crippen molar-refractivity contribution in [2.75, 3.05) is 5.32 Å². The van der Waals surface area contributed by atoms with Crippen LogP contribution in [0.3, 0.4) is 0 Å². The van der Waals surface area contributed by atoms with Crippen LogP contribution in [-0.4, -0.2) is 11.9 Å². The van der Waals surface area contributed by atoms with Gasteiger partial charge in [-0.2, -0.15) is 0 Å². The SMILES string of the molecule is C[C@H](N[C@H](C)c1cccc(Cl)c1)C(=O)Nc1ccc(Cl)cc1. The van der Waals surface area contributed by atoms with E-state index in [1.54, 1.807) is 24.3 Å². The maximum absolute atomic E-state index is 12.2. The minimum absolute atomic E-state index is 0.0182. The molecule has 1 amide bonds. The third kappa shape index (κ3) is 4.73. The van der Waals surface area contributed by atoms with E-state index < -0.39 is 0 Å². The molecule has 0 fully saturated rings. The highest BCUT2D eigenvalue weighted by Crippen LogP contribution is 2.18.